The zero-order valence-corrected chi connectivity index (χ0v) is 11.9. The summed E-state index contributed by atoms with van der Waals surface area (Å²) in [7, 11) is -5.85. The lowest BCUT2D eigenvalue weighted by molar-refractivity contribution is 0.372. The third-order valence-electron chi connectivity index (χ3n) is 2.94. The van der Waals surface area contributed by atoms with E-state index in [2.05, 4.69) is 0 Å². The molecule has 1 aliphatic heterocycles. The number of hydrogen-bond acceptors (Lipinski definition) is 6. The molecule has 0 saturated carbocycles. The maximum absolute atomic E-state index is 11.6. The maximum Gasteiger partial charge on any atom is 0.165 e. The number of benzene rings is 1. The van der Waals surface area contributed by atoms with Crippen LogP contribution in [0.4, 0.5) is 0 Å². The lowest BCUT2D eigenvalue weighted by atomic mass is 10.0. The molecule has 6 nitrogen and oxygen atoms in total. The van der Waals surface area contributed by atoms with Gasteiger partial charge in [0, 0.05) is 5.92 Å². The second-order valence-corrected chi connectivity index (χ2v) is 9.15. The topological polar surface area (TPSA) is 97.7 Å². The normalized spacial score (nSPS) is 21.9. The molecule has 0 aliphatic carbocycles. The molecular formula is C11H14O6S2. The van der Waals surface area contributed by atoms with E-state index >= 15 is 0 Å². The van der Waals surface area contributed by atoms with Crippen molar-refractivity contribution in [1.82, 2.24) is 0 Å². The second kappa shape index (κ2) is 4.68. The molecule has 1 N–H and O–H groups in total. The van der Waals surface area contributed by atoms with Crippen molar-refractivity contribution < 1.29 is 26.7 Å². The number of phenols is 1. The summed E-state index contributed by atoms with van der Waals surface area (Å²) in [5, 5.41) is 8.69. The Morgan fingerprint density at radius 1 is 1.16 bits per heavy atom. The Morgan fingerprint density at radius 3 is 2.26 bits per heavy atom. The third-order valence-corrected chi connectivity index (χ3v) is 7.64. The van der Waals surface area contributed by atoms with Crippen LogP contribution in [0, 0.1) is 0 Å². The van der Waals surface area contributed by atoms with Gasteiger partial charge < -0.3 is 9.84 Å². The fourth-order valence-corrected chi connectivity index (χ4v) is 7.13. The van der Waals surface area contributed by atoms with E-state index in [1.807, 2.05) is 0 Å². The monoisotopic (exact) mass is 306 g/mol. The Morgan fingerprint density at radius 2 is 1.74 bits per heavy atom. The quantitative estimate of drug-likeness (QED) is 0.843. The van der Waals surface area contributed by atoms with Crippen molar-refractivity contribution in [3.8, 4) is 11.5 Å². The van der Waals surface area contributed by atoms with Crippen molar-refractivity contribution >= 4 is 19.7 Å². The van der Waals surface area contributed by atoms with E-state index < -0.39 is 30.7 Å². The Hall–Kier alpha value is -1.28. The first-order valence-corrected chi connectivity index (χ1v) is 9.14. The van der Waals surface area contributed by atoms with Crippen LogP contribution in [-0.4, -0.2) is 45.6 Å². The molecule has 1 saturated heterocycles. The molecule has 106 valence electrons. The van der Waals surface area contributed by atoms with Crippen LogP contribution in [-0.2, 0) is 19.7 Å². The van der Waals surface area contributed by atoms with Crippen LogP contribution in [0.1, 0.15) is 11.5 Å². The highest BCUT2D eigenvalue weighted by Gasteiger charge is 2.35. The summed E-state index contributed by atoms with van der Waals surface area (Å²) in [5.41, 5.74) is 0.529. The Bertz CT molecular complexity index is 656. The summed E-state index contributed by atoms with van der Waals surface area (Å²) in [6.45, 7) is 0. The minimum absolute atomic E-state index is 0.0761. The highest BCUT2D eigenvalue weighted by molar-refractivity contribution is 8.08. The lowest BCUT2D eigenvalue weighted by Gasteiger charge is -2.22. The van der Waals surface area contributed by atoms with Gasteiger partial charge in [-0.15, -0.1) is 0 Å². The molecule has 1 aromatic carbocycles. The van der Waals surface area contributed by atoms with Crippen LogP contribution in [0.3, 0.4) is 0 Å². The fourth-order valence-electron chi connectivity index (χ4n) is 2.17. The number of ether oxygens (including phenoxy) is 1. The van der Waals surface area contributed by atoms with Gasteiger partial charge in [0.25, 0.3) is 0 Å². The molecular weight excluding hydrogens is 292 g/mol. The number of aromatic hydroxyl groups is 1. The Kier molecular flexibility index (Phi) is 3.48. The van der Waals surface area contributed by atoms with E-state index in [9.17, 15) is 21.9 Å². The minimum atomic E-state index is -3.61. The van der Waals surface area contributed by atoms with Crippen LogP contribution < -0.4 is 4.74 Å². The zero-order chi connectivity index (χ0) is 14.3. The smallest absolute Gasteiger partial charge is 0.165 e. The van der Waals surface area contributed by atoms with Gasteiger partial charge in [-0.1, -0.05) is 6.07 Å². The molecule has 0 amide bonds. The molecule has 0 spiro atoms. The average Bonchev–Trinajstić information content (AvgIpc) is 2.25. The van der Waals surface area contributed by atoms with Crippen molar-refractivity contribution in [2.75, 3.05) is 23.7 Å². The lowest BCUT2D eigenvalue weighted by Crippen LogP contribution is -2.34. The second-order valence-electron chi connectivity index (χ2n) is 4.57. The van der Waals surface area contributed by atoms with Gasteiger partial charge >= 0.3 is 0 Å². The first kappa shape index (κ1) is 14.1. The van der Waals surface area contributed by atoms with Crippen molar-refractivity contribution in [1.29, 1.82) is 0 Å². The fraction of sp³-hybridized carbons (Fsp3) is 0.455. The van der Waals surface area contributed by atoms with Gasteiger partial charge in [-0.2, -0.15) is 0 Å². The number of rotatable bonds is 2. The molecule has 0 unspecified atom stereocenters. The minimum Gasteiger partial charge on any atom is -0.504 e. The first-order valence-electron chi connectivity index (χ1n) is 5.50. The van der Waals surface area contributed by atoms with Gasteiger partial charge in [0.15, 0.2) is 36.3 Å². The van der Waals surface area contributed by atoms with E-state index in [1.165, 1.54) is 25.3 Å². The number of hydrogen-bond donors (Lipinski definition) is 1. The van der Waals surface area contributed by atoms with E-state index in [4.69, 9.17) is 4.74 Å². The van der Waals surface area contributed by atoms with Crippen molar-refractivity contribution in [3.05, 3.63) is 23.8 Å². The van der Waals surface area contributed by atoms with Crippen LogP contribution in [0.15, 0.2) is 18.2 Å². The van der Waals surface area contributed by atoms with Crippen LogP contribution >= 0.6 is 0 Å². The predicted molar refractivity (Wildman–Crippen MR) is 69.8 cm³/mol. The molecule has 1 heterocycles. The summed E-state index contributed by atoms with van der Waals surface area (Å²) in [6, 6.07) is 4.34. The van der Waals surface area contributed by atoms with E-state index in [-0.39, 0.29) is 23.0 Å². The van der Waals surface area contributed by atoms with Gasteiger partial charge in [-0.25, -0.2) is 16.8 Å². The zero-order valence-electron chi connectivity index (χ0n) is 10.2. The Balaban J connectivity index is 2.41. The molecule has 0 aromatic heterocycles. The van der Waals surface area contributed by atoms with Crippen LogP contribution in [0.5, 0.6) is 11.5 Å². The molecule has 0 atom stereocenters. The highest BCUT2D eigenvalue weighted by Crippen LogP contribution is 2.32. The molecule has 1 aliphatic rings. The highest BCUT2D eigenvalue weighted by atomic mass is 32.3. The van der Waals surface area contributed by atoms with E-state index in [0.717, 1.165) is 0 Å². The summed E-state index contributed by atoms with van der Waals surface area (Å²) in [4.78, 5) is 0. The van der Waals surface area contributed by atoms with Crippen molar-refractivity contribution in [3.63, 3.8) is 0 Å². The van der Waals surface area contributed by atoms with Gasteiger partial charge in [0.05, 0.1) is 18.6 Å². The molecule has 19 heavy (non-hydrogen) atoms. The van der Waals surface area contributed by atoms with Crippen molar-refractivity contribution in [2.45, 2.75) is 5.92 Å². The van der Waals surface area contributed by atoms with Gasteiger partial charge in [-0.05, 0) is 17.7 Å². The summed E-state index contributed by atoms with van der Waals surface area (Å²) in [5.74, 6) is -0.927. The summed E-state index contributed by atoms with van der Waals surface area (Å²) >= 11 is 0. The van der Waals surface area contributed by atoms with E-state index in [0.29, 0.717) is 5.56 Å². The number of phenolic OH excluding ortho intramolecular Hbond substituents is 1. The van der Waals surface area contributed by atoms with Gasteiger partial charge in [-0.3, -0.25) is 0 Å². The summed E-state index contributed by atoms with van der Waals surface area (Å²) < 4.78 is 51.4. The number of sulfone groups is 2. The predicted octanol–water partition coefficient (Wildman–Crippen LogP) is 0.285. The van der Waals surface area contributed by atoms with Gasteiger partial charge in [0.2, 0.25) is 0 Å². The molecule has 2 rings (SSSR count). The largest absolute Gasteiger partial charge is 0.504 e. The molecule has 1 fully saturated rings. The first-order chi connectivity index (χ1) is 8.72. The summed E-state index contributed by atoms with van der Waals surface area (Å²) in [6.07, 6.45) is 0. The molecule has 0 bridgehead atoms. The molecule has 1 aromatic rings. The Labute approximate surface area is 111 Å². The maximum atomic E-state index is 11.6. The molecule has 8 heteroatoms. The third kappa shape index (κ3) is 3.19. The van der Waals surface area contributed by atoms with Crippen LogP contribution in [0.25, 0.3) is 0 Å². The van der Waals surface area contributed by atoms with Crippen LogP contribution in [0.2, 0.25) is 0 Å². The van der Waals surface area contributed by atoms with E-state index in [1.54, 1.807) is 0 Å². The van der Waals surface area contributed by atoms with Crippen molar-refractivity contribution in [2.24, 2.45) is 0 Å². The molecule has 0 radical (unpaired) electrons. The SMILES string of the molecule is COc1cc(C2CS(=O)(=O)CS(=O)(=O)C2)ccc1O. The average molecular weight is 306 g/mol. The number of methoxy groups -OCH3 is 1. The standard InChI is InChI=1S/C11H14O6S2/c1-17-11-4-8(2-3-10(11)12)9-5-18(13,14)7-19(15,16)6-9/h2-4,9,12H,5-7H2,1H3. The van der Waals surface area contributed by atoms with Gasteiger partial charge in [0.1, 0.15) is 0 Å².